The molecule has 0 amide bonds. The van der Waals surface area contributed by atoms with Crippen LogP contribution in [0.3, 0.4) is 0 Å². The highest BCUT2D eigenvalue weighted by Gasteiger charge is 2.29. The van der Waals surface area contributed by atoms with Crippen LogP contribution in [-0.2, 0) is 4.74 Å². The number of ether oxygens (including phenoxy) is 1. The molecule has 0 radical (unpaired) electrons. The first kappa shape index (κ1) is 16.3. The van der Waals surface area contributed by atoms with E-state index in [0.29, 0.717) is 5.41 Å². The minimum atomic E-state index is -0.0631. The maximum atomic E-state index is 5.77. The van der Waals surface area contributed by atoms with Crippen LogP contribution in [0.4, 0.5) is 0 Å². The Labute approximate surface area is 118 Å². The second-order valence-electron chi connectivity index (χ2n) is 6.83. The lowest BCUT2D eigenvalue weighted by Crippen LogP contribution is -2.40. The second-order valence-corrected chi connectivity index (χ2v) is 6.83. The van der Waals surface area contributed by atoms with Crippen LogP contribution in [0.5, 0.6) is 0 Å². The molecule has 1 aliphatic heterocycles. The molecule has 1 atom stereocenters. The number of hydrogen-bond donors (Lipinski definition) is 2. The van der Waals surface area contributed by atoms with E-state index in [-0.39, 0.29) is 5.60 Å². The molecular weight excluding hydrogens is 238 g/mol. The van der Waals surface area contributed by atoms with Crippen molar-refractivity contribution in [2.75, 3.05) is 26.2 Å². The van der Waals surface area contributed by atoms with Crippen molar-refractivity contribution in [3.63, 3.8) is 0 Å². The lowest BCUT2D eigenvalue weighted by Gasteiger charge is -2.22. The third-order valence-corrected chi connectivity index (χ3v) is 3.38. The van der Waals surface area contributed by atoms with E-state index in [4.69, 9.17) is 4.74 Å². The van der Waals surface area contributed by atoms with Gasteiger partial charge in [-0.05, 0) is 38.5 Å². The van der Waals surface area contributed by atoms with Gasteiger partial charge in [0.15, 0.2) is 5.96 Å². The van der Waals surface area contributed by atoms with Gasteiger partial charge in [0.2, 0.25) is 0 Å². The number of guanidine groups is 1. The Hall–Kier alpha value is -0.770. The number of aliphatic imine (C=N–C) groups is 1. The molecule has 1 heterocycles. The minimum absolute atomic E-state index is 0.0631. The molecule has 19 heavy (non-hydrogen) atoms. The molecule has 0 aromatic rings. The molecule has 0 saturated carbocycles. The Morgan fingerprint density at radius 1 is 1.32 bits per heavy atom. The normalized spacial score (nSPS) is 24.6. The Balaban J connectivity index is 2.42. The molecule has 2 N–H and O–H groups in total. The smallest absolute Gasteiger partial charge is 0.191 e. The van der Waals surface area contributed by atoms with E-state index in [1.54, 1.807) is 0 Å². The first-order valence-corrected chi connectivity index (χ1v) is 7.51. The average molecular weight is 269 g/mol. The summed E-state index contributed by atoms with van der Waals surface area (Å²) in [4.78, 5) is 4.66. The maximum absolute atomic E-state index is 5.77. The summed E-state index contributed by atoms with van der Waals surface area (Å²) in [6.45, 7) is 14.5. The molecule has 0 bridgehead atoms. The van der Waals surface area contributed by atoms with Crippen LogP contribution in [-0.4, -0.2) is 37.8 Å². The molecule has 0 aromatic carbocycles. The fourth-order valence-corrected chi connectivity index (χ4v) is 2.11. The van der Waals surface area contributed by atoms with Crippen molar-refractivity contribution in [2.24, 2.45) is 10.4 Å². The summed E-state index contributed by atoms with van der Waals surface area (Å²) in [5.74, 6) is 0.906. The van der Waals surface area contributed by atoms with Gasteiger partial charge in [-0.1, -0.05) is 20.8 Å². The van der Waals surface area contributed by atoms with Crippen LogP contribution >= 0.6 is 0 Å². The second kappa shape index (κ2) is 7.13. The molecule has 1 fully saturated rings. The van der Waals surface area contributed by atoms with Gasteiger partial charge in [0, 0.05) is 19.7 Å². The molecule has 1 unspecified atom stereocenters. The quantitative estimate of drug-likeness (QED) is 0.595. The molecular formula is C15H31N3O. The van der Waals surface area contributed by atoms with Gasteiger partial charge >= 0.3 is 0 Å². The van der Waals surface area contributed by atoms with Crippen molar-refractivity contribution >= 4 is 5.96 Å². The van der Waals surface area contributed by atoms with E-state index in [9.17, 15) is 0 Å². The van der Waals surface area contributed by atoms with Crippen molar-refractivity contribution in [3.8, 4) is 0 Å². The van der Waals surface area contributed by atoms with Gasteiger partial charge in [-0.2, -0.15) is 0 Å². The molecule has 0 aliphatic carbocycles. The summed E-state index contributed by atoms with van der Waals surface area (Å²) in [5, 5.41) is 6.70. The van der Waals surface area contributed by atoms with Gasteiger partial charge in [0.25, 0.3) is 0 Å². The van der Waals surface area contributed by atoms with Crippen LogP contribution in [0.15, 0.2) is 4.99 Å². The topological polar surface area (TPSA) is 45.7 Å². The summed E-state index contributed by atoms with van der Waals surface area (Å²) in [5.41, 5.74) is 0.289. The number of rotatable bonds is 5. The largest absolute Gasteiger partial charge is 0.373 e. The average Bonchev–Trinajstić information content (AvgIpc) is 2.72. The predicted molar refractivity (Wildman–Crippen MR) is 81.6 cm³/mol. The Morgan fingerprint density at radius 3 is 2.58 bits per heavy atom. The fraction of sp³-hybridized carbons (Fsp3) is 0.933. The van der Waals surface area contributed by atoms with Gasteiger partial charge in [0.05, 0.1) is 12.1 Å². The summed E-state index contributed by atoms with van der Waals surface area (Å²) >= 11 is 0. The summed E-state index contributed by atoms with van der Waals surface area (Å²) in [6, 6.07) is 0. The number of nitrogens with one attached hydrogen (secondary N) is 2. The third kappa shape index (κ3) is 6.81. The first-order valence-electron chi connectivity index (χ1n) is 7.51. The molecule has 0 aromatic heterocycles. The monoisotopic (exact) mass is 269 g/mol. The van der Waals surface area contributed by atoms with Gasteiger partial charge in [-0.15, -0.1) is 0 Å². The van der Waals surface area contributed by atoms with Crippen molar-refractivity contribution < 1.29 is 4.74 Å². The van der Waals surface area contributed by atoms with Crippen molar-refractivity contribution in [1.29, 1.82) is 0 Å². The number of nitrogens with zero attached hydrogens (tertiary/aromatic N) is 1. The molecule has 1 aliphatic rings. The fourth-order valence-electron chi connectivity index (χ4n) is 2.11. The van der Waals surface area contributed by atoms with Crippen molar-refractivity contribution in [2.45, 2.75) is 59.5 Å². The standard InChI is InChI=1S/C15H31N3O/c1-6-16-13(17-10-9-14(2,3)4)18-12-15(5)8-7-11-19-15/h6-12H2,1-5H3,(H2,16,17,18). The number of hydrogen-bond acceptors (Lipinski definition) is 2. The Kier molecular flexibility index (Phi) is 6.11. The van der Waals surface area contributed by atoms with Crippen LogP contribution < -0.4 is 10.6 Å². The first-order chi connectivity index (χ1) is 8.85. The van der Waals surface area contributed by atoms with E-state index in [1.807, 2.05) is 0 Å². The molecule has 4 nitrogen and oxygen atoms in total. The van der Waals surface area contributed by atoms with E-state index < -0.39 is 0 Å². The summed E-state index contributed by atoms with van der Waals surface area (Å²) < 4.78 is 5.77. The van der Waals surface area contributed by atoms with Gasteiger partial charge in [-0.25, -0.2) is 0 Å². The summed E-state index contributed by atoms with van der Waals surface area (Å²) in [6.07, 6.45) is 3.39. The van der Waals surface area contributed by atoms with E-state index in [0.717, 1.165) is 51.5 Å². The molecule has 4 heteroatoms. The molecule has 112 valence electrons. The van der Waals surface area contributed by atoms with Crippen LogP contribution in [0, 0.1) is 5.41 Å². The van der Waals surface area contributed by atoms with Gasteiger partial charge < -0.3 is 15.4 Å². The lowest BCUT2D eigenvalue weighted by atomic mass is 9.92. The van der Waals surface area contributed by atoms with Gasteiger partial charge in [0.1, 0.15) is 0 Å². The Bertz CT molecular complexity index is 288. The maximum Gasteiger partial charge on any atom is 0.191 e. The minimum Gasteiger partial charge on any atom is -0.373 e. The SMILES string of the molecule is CCNC(=NCC1(C)CCCO1)NCCC(C)(C)C. The predicted octanol–water partition coefficient (Wildman–Crippen LogP) is 2.55. The van der Waals surface area contributed by atoms with E-state index in [2.05, 4.69) is 50.2 Å². The zero-order chi connectivity index (χ0) is 14.4. The molecule has 0 spiro atoms. The van der Waals surface area contributed by atoms with Crippen LogP contribution in [0.2, 0.25) is 0 Å². The molecule has 1 saturated heterocycles. The van der Waals surface area contributed by atoms with E-state index >= 15 is 0 Å². The van der Waals surface area contributed by atoms with Crippen LogP contribution in [0.25, 0.3) is 0 Å². The van der Waals surface area contributed by atoms with Crippen molar-refractivity contribution in [3.05, 3.63) is 0 Å². The lowest BCUT2D eigenvalue weighted by molar-refractivity contribution is 0.0283. The third-order valence-electron chi connectivity index (χ3n) is 3.38. The zero-order valence-corrected chi connectivity index (χ0v) is 13.3. The van der Waals surface area contributed by atoms with Gasteiger partial charge in [-0.3, -0.25) is 4.99 Å². The molecule has 1 rings (SSSR count). The highest BCUT2D eigenvalue weighted by molar-refractivity contribution is 5.79. The summed E-state index contributed by atoms with van der Waals surface area (Å²) in [7, 11) is 0. The van der Waals surface area contributed by atoms with Crippen molar-refractivity contribution in [1.82, 2.24) is 10.6 Å². The van der Waals surface area contributed by atoms with Crippen LogP contribution in [0.1, 0.15) is 53.9 Å². The Morgan fingerprint density at radius 2 is 2.05 bits per heavy atom. The highest BCUT2D eigenvalue weighted by Crippen LogP contribution is 2.25. The highest BCUT2D eigenvalue weighted by atomic mass is 16.5. The van der Waals surface area contributed by atoms with E-state index in [1.165, 1.54) is 0 Å². The zero-order valence-electron chi connectivity index (χ0n) is 13.3.